The quantitative estimate of drug-likeness (QED) is 0.766. The summed E-state index contributed by atoms with van der Waals surface area (Å²) in [5.41, 5.74) is 1.00. The van der Waals surface area contributed by atoms with E-state index < -0.39 is 21.7 Å². The lowest BCUT2D eigenvalue weighted by Gasteiger charge is -2.29. The maximum Gasteiger partial charge on any atom is 0.243 e. The van der Waals surface area contributed by atoms with E-state index in [0.717, 1.165) is 25.0 Å². The SMILES string of the molecule is CC1CCN(S(=O)(=O)c2ccc(NC(=O)CCc3ccc(F)c(F)c3)cc2)CC1. The first-order valence-corrected chi connectivity index (χ1v) is 11.0. The van der Waals surface area contributed by atoms with Gasteiger partial charge < -0.3 is 5.32 Å². The van der Waals surface area contributed by atoms with Crippen molar-refractivity contribution in [1.29, 1.82) is 0 Å². The summed E-state index contributed by atoms with van der Waals surface area (Å²) in [7, 11) is -3.53. The third kappa shape index (κ3) is 5.39. The van der Waals surface area contributed by atoms with Crippen molar-refractivity contribution in [3.8, 4) is 0 Å². The summed E-state index contributed by atoms with van der Waals surface area (Å²) in [5, 5.41) is 2.69. The van der Waals surface area contributed by atoms with Gasteiger partial charge in [-0.3, -0.25) is 4.79 Å². The molecule has 2 aromatic carbocycles. The fourth-order valence-electron chi connectivity index (χ4n) is 3.26. The zero-order valence-electron chi connectivity index (χ0n) is 16.2. The van der Waals surface area contributed by atoms with Crippen LogP contribution >= 0.6 is 0 Å². The van der Waals surface area contributed by atoms with Crippen LogP contribution in [0.4, 0.5) is 14.5 Å². The number of hydrogen-bond acceptors (Lipinski definition) is 3. The van der Waals surface area contributed by atoms with Crippen LogP contribution < -0.4 is 5.32 Å². The van der Waals surface area contributed by atoms with Crippen molar-refractivity contribution in [3.63, 3.8) is 0 Å². The molecular weight excluding hydrogens is 398 g/mol. The maximum absolute atomic E-state index is 13.2. The highest BCUT2D eigenvalue weighted by atomic mass is 32.2. The molecule has 0 bridgehead atoms. The van der Waals surface area contributed by atoms with E-state index in [2.05, 4.69) is 12.2 Å². The molecule has 1 aliphatic heterocycles. The lowest BCUT2D eigenvalue weighted by atomic mass is 10.0. The Hall–Kier alpha value is -2.32. The summed E-state index contributed by atoms with van der Waals surface area (Å²) in [6, 6.07) is 9.61. The van der Waals surface area contributed by atoms with Crippen LogP contribution in [-0.4, -0.2) is 31.7 Å². The van der Waals surface area contributed by atoms with E-state index in [0.29, 0.717) is 30.3 Å². The molecule has 0 atom stereocenters. The lowest BCUT2D eigenvalue weighted by molar-refractivity contribution is -0.116. The summed E-state index contributed by atoms with van der Waals surface area (Å²) < 4.78 is 53.1. The van der Waals surface area contributed by atoms with Crippen LogP contribution in [0, 0.1) is 17.6 Å². The van der Waals surface area contributed by atoms with Crippen LogP contribution in [0.1, 0.15) is 31.7 Å². The molecule has 0 aliphatic carbocycles. The third-order valence-corrected chi connectivity index (χ3v) is 7.06. The highest BCUT2D eigenvalue weighted by Gasteiger charge is 2.27. The molecule has 0 saturated carbocycles. The number of aryl methyl sites for hydroxylation is 1. The summed E-state index contributed by atoms with van der Waals surface area (Å²) in [6.07, 6.45) is 2.07. The molecule has 1 aliphatic rings. The van der Waals surface area contributed by atoms with Crippen molar-refractivity contribution in [1.82, 2.24) is 4.31 Å². The number of anilines is 1. The second-order valence-electron chi connectivity index (χ2n) is 7.41. The minimum atomic E-state index is -3.53. The predicted molar refractivity (Wildman–Crippen MR) is 107 cm³/mol. The van der Waals surface area contributed by atoms with E-state index in [-0.39, 0.29) is 23.6 Å². The topological polar surface area (TPSA) is 66.5 Å². The normalized spacial score (nSPS) is 16.0. The Bertz CT molecular complexity index is 970. The summed E-state index contributed by atoms with van der Waals surface area (Å²) in [4.78, 5) is 12.3. The number of hydrogen-bond donors (Lipinski definition) is 1. The fourth-order valence-corrected chi connectivity index (χ4v) is 4.73. The first-order chi connectivity index (χ1) is 13.8. The van der Waals surface area contributed by atoms with E-state index in [1.807, 2.05) is 0 Å². The number of halogens is 2. The Labute approximate surface area is 169 Å². The average Bonchev–Trinajstić information content (AvgIpc) is 2.70. The van der Waals surface area contributed by atoms with Gasteiger partial charge in [-0.1, -0.05) is 13.0 Å². The molecular formula is C21H24F2N2O3S. The molecule has 5 nitrogen and oxygen atoms in total. The number of carbonyl (C=O) groups is 1. The molecule has 3 rings (SSSR count). The largest absolute Gasteiger partial charge is 0.326 e. The fraction of sp³-hybridized carbons (Fsp3) is 0.381. The number of rotatable bonds is 6. The van der Waals surface area contributed by atoms with Gasteiger partial charge >= 0.3 is 0 Å². The van der Waals surface area contributed by atoms with Gasteiger partial charge in [-0.2, -0.15) is 4.31 Å². The molecule has 1 amide bonds. The first kappa shape index (κ1) is 21.4. The molecule has 0 radical (unpaired) electrons. The molecule has 0 spiro atoms. The summed E-state index contributed by atoms with van der Waals surface area (Å²) >= 11 is 0. The molecule has 156 valence electrons. The van der Waals surface area contributed by atoms with Crippen LogP contribution in [0.2, 0.25) is 0 Å². The maximum atomic E-state index is 13.2. The summed E-state index contributed by atoms with van der Waals surface area (Å²) in [6.45, 7) is 3.16. The van der Waals surface area contributed by atoms with Gasteiger partial charge in [0.15, 0.2) is 11.6 Å². The predicted octanol–water partition coefficient (Wildman–Crippen LogP) is 3.96. The Balaban J connectivity index is 1.57. The number of carbonyl (C=O) groups excluding carboxylic acids is 1. The number of piperidine rings is 1. The third-order valence-electron chi connectivity index (χ3n) is 5.14. The zero-order chi connectivity index (χ0) is 21.0. The van der Waals surface area contributed by atoms with Crippen molar-refractivity contribution in [3.05, 3.63) is 59.7 Å². The minimum absolute atomic E-state index is 0.0943. The standard InChI is InChI=1S/C21H24F2N2O3S/c1-15-10-12-25(13-11-15)29(27,28)18-6-4-17(5-7-18)24-21(26)9-3-16-2-8-19(22)20(23)14-16/h2,4-8,14-15H,3,9-13H2,1H3,(H,24,26). The molecule has 1 fully saturated rings. The van der Waals surface area contributed by atoms with Crippen LogP contribution in [0.15, 0.2) is 47.4 Å². The summed E-state index contributed by atoms with van der Waals surface area (Å²) in [5.74, 6) is -1.63. The number of sulfonamides is 1. The lowest BCUT2D eigenvalue weighted by Crippen LogP contribution is -2.37. The van der Waals surface area contributed by atoms with Gasteiger partial charge in [0.1, 0.15) is 0 Å². The van der Waals surface area contributed by atoms with Gasteiger partial charge in [0.05, 0.1) is 4.90 Å². The minimum Gasteiger partial charge on any atom is -0.326 e. The second kappa shape index (κ2) is 9.00. The monoisotopic (exact) mass is 422 g/mol. The van der Waals surface area contributed by atoms with Crippen molar-refractivity contribution in [2.45, 2.75) is 37.5 Å². The van der Waals surface area contributed by atoms with E-state index in [1.54, 1.807) is 12.1 Å². The molecule has 2 aromatic rings. The van der Waals surface area contributed by atoms with Gasteiger partial charge in [0.25, 0.3) is 0 Å². The van der Waals surface area contributed by atoms with E-state index >= 15 is 0 Å². The smallest absolute Gasteiger partial charge is 0.243 e. The van der Waals surface area contributed by atoms with E-state index in [9.17, 15) is 22.0 Å². The van der Waals surface area contributed by atoms with Crippen molar-refractivity contribution < 1.29 is 22.0 Å². The van der Waals surface area contributed by atoms with Gasteiger partial charge in [-0.05, 0) is 67.1 Å². The molecule has 0 unspecified atom stereocenters. The number of benzene rings is 2. The first-order valence-electron chi connectivity index (χ1n) is 9.59. The zero-order valence-corrected chi connectivity index (χ0v) is 17.0. The molecule has 8 heteroatoms. The van der Waals surface area contributed by atoms with Gasteiger partial charge in [0.2, 0.25) is 15.9 Å². The van der Waals surface area contributed by atoms with E-state index in [1.165, 1.54) is 22.5 Å². The number of nitrogens with zero attached hydrogens (tertiary/aromatic N) is 1. The molecule has 1 N–H and O–H groups in total. The van der Waals surface area contributed by atoms with E-state index in [4.69, 9.17) is 0 Å². The highest BCUT2D eigenvalue weighted by molar-refractivity contribution is 7.89. The van der Waals surface area contributed by atoms with Gasteiger partial charge in [-0.15, -0.1) is 0 Å². The van der Waals surface area contributed by atoms with Crippen LogP contribution in [0.3, 0.4) is 0 Å². The van der Waals surface area contributed by atoms with Crippen molar-refractivity contribution in [2.75, 3.05) is 18.4 Å². The number of nitrogens with one attached hydrogen (secondary N) is 1. The molecule has 29 heavy (non-hydrogen) atoms. The van der Waals surface area contributed by atoms with Gasteiger partial charge in [0, 0.05) is 25.2 Å². The van der Waals surface area contributed by atoms with Crippen LogP contribution in [-0.2, 0) is 21.2 Å². The van der Waals surface area contributed by atoms with Crippen molar-refractivity contribution in [2.24, 2.45) is 5.92 Å². The number of amides is 1. The Morgan fingerprint density at radius 3 is 2.34 bits per heavy atom. The van der Waals surface area contributed by atoms with Crippen molar-refractivity contribution >= 4 is 21.6 Å². The van der Waals surface area contributed by atoms with Crippen LogP contribution in [0.25, 0.3) is 0 Å². The Kier molecular flexibility index (Phi) is 6.64. The Morgan fingerprint density at radius 2 is 1.72 bits per heavy atom. The second-order valence-corrected chi connectivity index (χ2v) is 9.35. The molecule has 1 saturated heterocycles. The molecule has 0 aromatic heterocycles. The average molecular weight is 422 g/mol. The van der Waals surface area contributed by atoms with Crippen LogP contribution in [0.5, 0.6) is 0 Å². The molecule has 1 heterocycles. The van der Waals surface area contributed by atoms with Gasteiger partial charge in [-0.25, -0.2) is 17.2 Å². The Morgan fingerprint density at radius 1 is 1.07 bits per heavy atom. The highest BCUT2D eigenvalue weighted by Crippen LogP contribution is 2.24.